The fourth-order valence-corrected chi connectivity index (χ4v) is 4.47. The molecular weight excluding hydrogens is 308 g/mol. The maximum atomic E-state index is 13.2. The number of benzene rings is 2. The molecule has 2 aromatic carbocycles. The minimum atomic E-state index is -0.236. The predicted molar refractivity (Wildman–Crippen MR) is 100 cm³/mol. The van der Waals surface area contributed by atoms with Crippen LogP contribution < -0.4 is 5.32 Å². The van der Waals surface area contributed by atoms with Crippen LogP contribution in [0.5, 0.6) is 0 Å². The molecule has 2 saturated heterocycles. The smallest absolute Gasteiger partial charge is 0.232 e. The first-order valence-electron chi connectivity index (χ1n) is 9.47. The molecule has 0 bridgehead atoms. The zero-order valence-corrected chi connectivity index (χ0v) is 14.6. The molecule has 25 heavy (non-hydrogen) atoms. The molecule has 0 aliphatic carbocycles. The fourth-order valence-electron chi connectivity index (χ4n) is 4.47. The summed E-state index contributed by atoms with van der Waals surface area (Å²) >= 11 is 0. The first-order chi connectivity index (χ1) is 12.3. The van der Waals surface area contributed by atoms with Crippen molar-refractivity contribution in [3.05, 3.63) is 71.8 Å². The predicted octanol–water partition coefficient (Wildman–Crippen LogP) is 3.56. The second-order valence-electron chi connectivity index (χ2n) is 7.26. The standard InChI is InChI=1S/C22H26N2O/c25-22(23-19-14-16-24-15-8-7-13-20(19)24)21(17-9-3-1-4-10-17)18-11-5-2-6-12-18/h1-6,9-12,19-21H,7-8,13-16H2,(H,23,25)/t19-,20-/m1/s1. The Labute approximate surface area is 150 Å². The average Bonchev–Trinajstić information content (AvgIpc) is 3.07. The highest BCUT2D eigenvalue weighted by atomic mass is 16.2. The Hall–Kier alpha value is -2.13. The Morgan fingerprint density at radius 2 is 1.52 bits per heavy atom. The van der Waals surface area contributed by atoms with Crippen LogP contribution >= 0.6 is 0 Å². The number of amides is 1. The molecule has 2 aliphatic rings. The van der Waals surface area contributed by atoms with Crippen molar-refractivity contribution < 1.29 is 4.79 Å². The maximum absolute atomic E-state index is 13.2. The topological polar surface area (TPSA) is 32.3 Å². The molecule has 2 aliphatic heterocycles. The Morgan fingerprint density at radius 1 is 0.880 bits per heavy atom. The van der Waals surface area contributed by atoms with Crippen LogP contribution in [-0.2, 0) is 4.79 Å². The normalized spacial score (nSPS) is 23.4. The Morgan fingerprint density at radius 3 is 2.16 bits per heavy atom. The zero-order valence-electron chi connectivity index (χ0n) is 14.6. The third kappa shape index (κ3) is 3.47. The summed E-state index contributed by atoms with van der Waals surface area (Å²) in [5.74, 6) is -0.102. The molecule has 0 unspecified atom stereocenters. The van der Waals surface area contributed by atoms with Gasteiger partial charge in [0.05, 0.1) is 5.92 Å². The van der Waals surface area contributed by atoms with E-state index in [4.69, 9.17) is 0 Å². The molecular formula is C22H26N2O. The van der Waals surface area contributed by atoms with Gasteiger partial charge in [0, 0.05) is 18.6 Å². The third-order valence-corrected chi connectivity index (χ3v) is 5.71. The van der Waals surface area contributed by atoms with E-state index in [1.165, 1.54) is 25.8 Å². The van der Waals surface area contributed by atoms with Crippen LogP contribution in [0.3, 0.4) is 0 Å². The first kappa shape index (κ1) is 16.3. The van der Waals surface area contributed by atoms with Gasteiger partial charge in [-0.2, -0.15) is 0 Å². The van der Waals surface area contributed by atoms with Crippen molar-refractivity contribution in [1.82, 2.24) is 10.2 Å². The van der Waals surface area contributed by atoms with Gasteiger partial charge in [0.15, 0.2) is 0 Å². The van der Waals surface area contributed by atoms with E-state index in [-0.39, 0.29) is 11.8 Å². The highest BCUT2D eigenvalue weighted by molar-refractivity contribution is 5.87. The number of piperidine rings is 1. The van der Waals surface area contributed by atoms with Gasteiger partial charge in [0.25, 0.3) is 0 Å². The number of hydrogen-bond acceptors (Lipinski definition) is 2. The quantitative estimate of drug-likeness (QED) is 0.927. The lowest BCUT2D eigenvalue weighted by atomic mass is 9.89. The highest BCUT2D eigenvalue weighted by Crippen LogP contribution is 2.29. The number of hydrogen-bond donors (Lipinski definition) is 1. The molecule has 1 N–H and O–H groups in total. The second kappa shape index (κ2) is 7.40. The van der Waals surface area contributed by atoms with Crippen LogP contribution in [0.2, 0.25) is 0 Å². The number of nitrogens with one attached hydrogen (secondary N) is 1. The SMILES string of the molecule is O=C(N[C@@H]1CCN2CCCC[C@H]12)C(c1ccccc1)c1ccccc1. The summed E-state index contributed by atoms with van der Waals surface area (Å²) in [5.41, 5.74) is 2.12. The summed E-state index contributed by atoms with van der Waals surface area (Å²) in [6.45, 7) is 2.31. The van der Waals surface area contributed by atoms with Crippen molar-refractivity contribution in [2.24, 2.45) is 0 Å². The molecule has 130 valence electrons. The van der Waals surface area contributed by atoms with Crippen LogP contribution in [0.25, 0.3) is 0 Å². The van der Waals surface area contributed by atoms with E-state index < -0.39 is 0 Å². The molecule has 0 aromatic heterocycles. The second-order valence-corrected chi connectivity index (χ2v) is 7.26. The van der Waals surface area contributed by atoms with Gasteiger partial charge in [-0.1, -0.05) is 67.1 Å². The third-order valence-electron chi connectivity index (χ3n) is 5.71. The van der Waals surface area contributed by atoms with Gasteiger partial charge in [-0.25, -0.2) is 0 Å². The van der Waals surface area contributed by atoms with E-state index in [0.717, 1.165) is 24.1 Å². The van der Waals surface area contributed by atoms with Gasteiger partial charge in [0.1, 0.15) is 0 Å². The summed E-state index contributed by atoms with van der Waals surface area (Å²) < 4.78 is 0. The van der Waals surface area contributed by atoms with Crippen LogP contribution in [0, 0.1) is 0 Å². The van der Waals surface area contributed by atoms with Crippen LogP contribution in [0.4, 0.5) is 0 Å². The number of carbonyl (C=O) groups is 1. The van der Waals surface area contributed by atoms with Crippen molar-refractivity contribution in [3.63, 3.8) is 0 Å². The number of rotatable bonds is 4. The molecule has 2 aromatic rings. The average molecular weight is 334 g/mol. The molecule has 2 atom stereocenters. The summed E-state index contributed by atoms with van der Waals surface area (Å²) in [6.07, 6.45) is 4.88. The lowest BCUT2D eigenvalue weighted by molar-refractivity contribution is -0.122. The Balaban J connectivity index is 1.56. The lowest BCUT2D eigenvalue weighted by Gasteiger charge is -2.33. The summed E-state index contributed by atoms with van der Waals surface area (Å²) in [7, 11) is 0. The fraction of sp³-hybridized carbons (Fsp3) is 0.409. The molecule has 4 rings (SSSR count). The van der Waals surface area contributed by atoms with Gasteiger partial charge in [-0.3, -0.25) is 9.69 Å². The molecule has 0 saturated carbocycles. The van der Waals surface area contributed by atoms with Crippen molar-refractivity contribution in [3.8, 4) is 0 Å². The summed E-state index contributed by atoms with van der Waals surface area (Å²) in [5, 5.41) is 3.39. The van der Waals surface area contributed by atoms with Gasteiger partial charge in [0.2, 0.25) is 5.91 Å². The monoisotopic (exact) mass is 334 g/mol. The van der Waals surface area contributed by atoms with E-state index in [0.29, 0.717) is 12.1 Å². The van der Waals surface area contributed by atoms with E-state index in [2.05, 4.69) is 34.5 Å². The van der Waals surface area contributed by atoms with Gasteiger partial charge in [-0.05, 0) is 36.9 Å². The van der Waals surface area contributed by atoms with Crippen molar-refractivity contribution >= 4 is 5.91 Å². The largest absolute Gasteiger partial charge is 0.351 e. The molecule has 0 radical (unpaired) electrons. The van der Waals surface area contributed by atoms with Gasteiger partial charge < -0.3 is 5.32 Å². The van der Waals surface area contributed by atoms with Crippen molar-refractivity contribution in [2.75, 3.05) is 13.1 Å². The Bertz CT molecular complexity index is 661. The Kier molecular flexibility index (Phi) is 4.84. The molecule has 2 heterocycles. The van der Waals surface area contributed by atoms with Crippen molar-refractivity contribution in [1.29, 1.82) is 0 Å². The molecule has 2 fully saturated rings. The van der Waals surface area contributed by atoms with E-state index in [1.807, 2.05) is 36.4 Å². The zero-order chi connectivity index (χ0) is 17.1. The van der Waals surface area contributed by atoms with Gasteiger partial charge >= 0.3 is 0 Å². The first-order valence-corrected chi connectivity index (χ1v) is 9.47. The number of carbonyl (C=O) groups excluding carboxylic acids is 1. The number of fused-ring (bicyclic) bond motifs is 1. The summed E-state index contributed by atoms with van der Waals surface area (Å²) in [6, 6.07) is 21.1. The lowest BCUT2D eigenvalue weighted by Crippen LogP contribution is -2.48. The van der Waals surface area contributed by atoms with E-state index in [9.17, 15) is 4.79 Å². The molecule has 1 amide bonds. The van der Waals surface area contributed by atoms with E-state index in [1.54, 1.807) is 0 Å². The van der Waals surface area contributed by atoms with Crippen LogP contribution in [0.15, 0.2) is 60.7 Å². The molecule has 3 nitrogen and oxygen atoms in total. The van der Waals surface area contributed by atoms with Crippen LogP contribution in [-0.4, -0.2) is 36.0 Å². The maximum Gasteiger partial charge on any atom is 0.232 e. The van der Waals surface area contributed by atoms with Gasteiger partial charge in [-0.15, -0.1) is 0 Å². The molecule has 0 spiro atoms. The number of nitrogens with zero attached hydrogens (tertiary/aromatic N) is 1. The summed E-state index contributed by atoms with van der Waals surface area (Å²) in [4.78, 5) is 15.8. The van der Waals surface area contributed by atoms with E-state index >= 15 is 0 Å². The minimum Gasteiger partial charge on any atom is -0.351 e. The molecule has 3 heteroatoms. The van der Waals surface area contributed by atoms with Crippen LogP contribution in [0.1, 0.15) is 42.7 Å². The highest BCUT2D eigenvalue weighted by Gasteiger charge is 2.37. The minimum absolute atomic E-state index is 0.134. The van der Waals surface area contributed by atoms with Crippen molar-refractivity contribution in [2.45, 2.75) is 43.7 Å².